The molecule has 274 valence electrons. The van der Waals surface area contributed by atoms with Crippen LogP contribution in [0, 0.1) is 0 Å². The number of benzene rings is 7. The zero-order valence-electron chi connectivity index (χ0n) is 28.8. The lowest BCUT2D eigenvalue weighted by Crippen LogP contribution is -2.05. The van der Waals surface area contributed by atoms with Crippen LogP contribution in [0.25, 0.3) is 67.1 Å². The molecule has 16 heteroatoms. The van der Waals surface area contributed by atoms with E-state index in [0.717, 1.165) is 16.3 Å². The number of hydrogen-bond acceptors (Lipinski definition) is 10. The minimum absolute atomic E-state index is 0.197. The highest BCUT2D eigenvalue weighted by atomic mass is 32.2. The molecule has 14 nitrogen and oxygen atoms in total. The lowest BCUT2D eigenvalue weighted by atomic mass is 10.1. The third-order valence-corrected chi connectivity index (χ3v) is 10.9. The molecule has 0 atom stereocenters. The smallest absolute Gasteiger partial charge is 0.282 e. The third kappa shape index (κ3) is 6.69. The standard InChI is InChI=1S/C40H26N8O6S2/c49-55(50,51)33-19-20-35-28(23-33)11-22-37-40(35)45-47(43-37)31-17-14-30(15-18-31)42-41-29-12-6-25(7-13-29)5-8-27-9-16-32(24-38(27)56(52,53)54)48-44-36-21-10-26-3-1-2-4-34(26)39(36)46-48/h1-24H,(H,49,50,51)(H,52,53,54). The molecular formula is C40H26N8O6S2. The molecule has 0 aliphatic rings. The first-order chi connectivity index (χ1) is 27.0. The van der Waals surface area contributed by atoms with Crippen molar-refractivity contribution >= 4 is 87.4 Å². The van der Waals surface area contributed by atoms with Gasteiger partial charge in [0.15, 0.2) is 0 Å². The van der Waals surface area contributed by atoms with E-state index < -0.39 is 20.2 Å². The first kappa shape index (κ1) is 34.8. The normalized spacial score (nSPS) is 12.6. The Labute approximate surface area is 318 Å². The molecule has 0 spiro atoms. The molecule has 0 unspecified atom stereocenters. The van der Waals surface area contributed by atoms with Gasteiger partial charge in [-0.1, -0.05) is 72.8 Å². The van der Waals surface area contributed by atoms with E-state index in [4.69, 9.17) is 0 Å². The molecule has 2 N–H and O–H groups in total. The van der Waals surface area contributed by atoms with Crippen LogP contribution in [-0.2, 0) is 20.2 Å². The highest BCUT2D eigenvalue weighted by Gasteiger charge is 2.18. The molecule has 0 amide bonds. The summed E-state index contributed by atoms with van der Waals surface area (Å²) in [5.41, 5.74) is 5.79. The van der Waals surface area contributed by atoms with Gasteiger partial charge < -0.3 is 0 Å². The minimum atomic E-state index is -4.59. The second-order valence-corrected chi connectivity index (χ2v) is 15.6. The largest absolute Gasteiger partial charge is 0.295 e. The fraction of sp³-hybridized carbons (Fsp3) is 0. The van der Waals surface area contributed by atoms with Gasteiger partial charge in [0.05, 0.1) is 27.6 Å². The zero-order chi connectivity index (χ0) is 38.6. The average molecular weight is 779 g/mol. The Bertz CT molecular complexity index is 3310. The van der Waals surface area contributed by atoms with E-state index in [1.165, 1.54) is 27.8 Å². The van der Waals surface area contributed by atoms with Crippen LogP contribution in [0.15, 0.2) is 153 Å². The van der Waals surface area contributed by atoms with Gasteiger partial charge in [-0.25, -0.2) is 0 Å². The average Bonchev–Trinajstić information content (AvgIpc) is 3.85. The molecule has 2 aromatic heterocycles. The lowest BCUT2D eigenvalue weighted by Gasteiger charge is -2.06. The second kappa shape index (κ2) is 13.4. The topological polar surface area (TPSA) is 195 Å². The van der Waals surface area contributed by atoms with E-state index in [-0.39, 0.29) is 15.4 Å². The van der Waals surface area contributed by atoms with Crippen LogP contribution in [0.4, 0.5) is 11.4 Å². The predicted molar refractivity (Wildman–Crippen MR) is 212 cm³/mol. The molecule has 0 bridgehead atoms. The Morgan fingerprint density at radius 3 is 1.77 bits per heavy atom. The van der Waals surface area contributed by atoms with E-state index in [1.54, 1.807) is 91.0 Å². The van der Waals surface area contributed by atoms with Crippen molar-refractivity contribution in [2.24, 2.45) is 10.2 Å². The number of azo groups is 1. The number of nitrogens with zero attached hydrogens (tertiary/aromatic N) is 8. The lowest BCUT2D eigenvalue weighted by molar-refractivity contribution is 0.481. The van der Waals surface area contributed by atoms with Crippen molar-refractivity contribution in [2.45, 2.75) is 9.79 Å². The molecule has 9 rings (SSSR count). The maximum absolute atomic E-state index is 12.5. The molecule has 56 heavy (non-hydrogen) atoms. The Kier molecular flexibility index (Phi) is 8.32. The summed E-state index contributed by atoms with van der Waals surface area (Å²) in [5, 5.41) is 30.2. The van der Waals surface area contributed by atoms with Gasteiger partial charge in [0.2, 0.25) is 0 Å². The molecule has 0 saturated heterocycles. The van der Waals surface area contributed by atoms with Crippen molar-refractivity contribution in [1.82, 2.24) is 30.0 Å². The van der Waals surface area contributed by atoms with Gasteiger partial charge >= 0.3 is 0 Å². The summed E-state index contributed by atoms with van der Waals surface area (Å²) >= 11 is 0. The summed E-state index contributed by atoms with van der Waals surface area (Å²) < 4.78 is 67.5. The monoisotopic (exact) mass is 778 g/mol. The van der Waals surface area contributed by atoms with Crippen molar-refractivity contribution in [3.05, 3.63) is 145 Å². The maximum atomic E-state index is 12.5. The predicted octanol–water partition coefficient (Wildman–Crippen LogP) is 8.54. The molecule has 7 aromatic carbocycles. The van der Waals surface area contributed by atoms with Crippen LogP contribution >= 0.6 is 0 Å². The van der Waals surface area contributed by atoms with Gasteiger partial charge in [0, 0.05) is 10.8 Å². The van der Waals surface area contributed by atoms with Crippen molar-refractivity contribution < 1.29 is 25.9 Å². The Balaban J connectivity index is 0.901. The molecule has 0 fully saturated rings. The summed E-state index contributed by atoms with van der Waals surface area (Å²) in [6.07, 6.45) is 3.33. The molecule has 9 aromatic rings. The van der Waals surface area contributed by atoms with Gasteiger partial charge in [-0.2, -0.15) is 36.7 Å². The van der Waals surface area contributed by atoms with Crippen LogP contribution in [0.1, 0.15) is 11.1 Å². The molecule has 0 radical (unpaired) electrons. The first-order valence-electron chi connectivity index (χ1n) is 16.9. The van der Waals surface area contributed by atoms with Crippen molar-refractivity contribution in [3.63, 3.8) is 0 Å². The highest BCUT2D eigenvalue weighted by molar-refractivity contribution is 7.86. The zero-order valence-corrected chi connectivity index (χ0v) is 30.4. The maximum Gasteiger partial charge on any atom is 0.295 e. The summed E-state index contributed by atoms with van der Waals surface area (Å²) in [7, 11) is -8.93. The van der Waals surface area contributed by atoms with Gasteiger partial charge in [-0.15, -0.1) is 20.4 Å². The van der Waals surface area contributed by atoms with Crippen LogP contribution in [0.2, 0.25) is 0 Å². The minimum Gasteiger partial charge on any atom is -0.282 e. The van der Waals surface area contributed by atoms with Gasteiger partial charge in [0.25, 0.3) is 20.2 Å². The molecule has 0 aliphatic heterocycles. The fourth-order valence-corrected chi connectivity index (χ4v) is 7.56. The van der Waals surface area contributed by atoms with E-state index in [2.05, 4.69) is 30.6 Å². The van der Waals surface area contributed by atoms with E-state index >= 15 is 0 Å². The Morgan fingerprint density at radius 1 is 0.518 bits per heavy atom. The SMILES string of the molecule is O=S(=O)(O)c1ccc2c(ccc3nn(-c4ccc(N=Nc5ccc(C=Cc6ccc(-n7nc8ccc9ccccc9c8n7)cc6S(=O)(=O)O)cc5)cc4)nc32)c1. The van der Waals surface area contributed by atoms with Crippen molar-refractivity contribution in [3.8, 4) is 11.4 Å². The van der Waals surface area contributed by atoms with Crippen LogP contribution in [0.3, 0.4) is 0 Å². The molecular weight excluding hydrogens is 753 g/mol. The van der Waals surface area contributed by atoms with E-state index in [1.807, 2.05) is 36.4 Å². The Hall–Kier alpha value is -6.98. The molecule has 0 saturated carbocycles. The Morgan fingerprint density at radius 2 is 1.11 bits per heavy atom. The van der Waals surface area contributed by atoms with Crippen LogP contribution in [-0.4, -0.2) is 55.9 Å². The molecule has 0 aliphatic carbocycles. The number of rotatable bonds is 8. The van der Waals surface area contributed by atoms with Gasteiger partial charge in [-0.3, -0.25) is 9.11 Å². The van der Waals surface area contributed by atoms with E-state index in [0.29, 0.717) is 55.6 Å². The van der Waals surface area contributed by atoms with Gasteiger partial charge in [0.1, 0.15) is 27.0 Å². The van der Waals surface area contributed by atoms with Crippen LogP contribution in [0.5, 0.6) is 0 Å². The first-order valence-corrected chi connectivity index (χ1v) is 19.8. The quantitative estimate of drug-likeness (QED) is 0.0857. The number of hydrogen-bond donors (Lipinski definition) is 2. The van der Waals surface area contributed by atoms with Crippen molar-refractivity contribution in [1.29, 1.82) is 0 Å². The third-order valence-electron chi connectivity index (χ3n) is 9.13. The summed E-state index contributed by atoms with van der Waals surface area (Å²) in [5.74, 6) is 0. The van der Waals surface area contributed by atoms with E-state index in [9.17, 15) is 25.9 Å². The second-order valence-electron chi connectivity index (χ2n) is 12.8. The summed E-state index contributed by atoms with van der Waals surface area (Å²) in [6.45, 7) is 0. The number of aromatic nitrogens is 6. The number of fused-ring (bicyclic) bond motifs is 6. The van der Waals surface area contributed by atoms with Crippen LogP contribution < -0.4 is 0 Å². The summed E-state index contributed by atoms with van der Waals surface area (Å²) in [4.78, 5) is 2.35. The molecule has 2 heterocycles. The summed E-state index contributed by atoms with van der Waals surface area (Å²) in [6, 6.07) is 38.2. The highest BCUT2D eigenvalue weighted by Crippen LogP contribution is 2.29. The van der Waals surface area contributed by atoms with Crippen molar-refractivity contribution in [2.75, 3.05) is 0 Å². The fourth-order valence-electron chi connectivity index (χ4n) is 6.34. The van der Waals surface area contributed by atoms with Gasteiger partial charge in [-0.05, 0) is 94.7 Å².